The molecule has 6 nitrogen and oxygen atoms in total. The number of benzene rings is 1. The standard InChI is InChI=1S/C14H21N3O3S/c1-4-15-12-7-5-6-11(13(12)17(19)20)14(18)16-9-8-10(2)21-3/h5-7,10,15H,4,8-9H2,1-3H3,(H,16,18). The van der Waals surface area contributed by atoms with E-state index in [-0.39, 0.29) is 11.3 Å². The highest BCUT2D eigenvalue weighted by molar-refractivity contribution is 7.99. The average molecular weight is 311 g/mol. The lowest BCUT2D eigenvalue weighted by Gasteiger charge is -2.11. The highest BCUT2D eigenvalue weighted by Crippen LogP contribution is 2.28. The summed E-state index contributed by atoms with van der Waals surface area (Å²) < 4.78 is 0. The topological polar surface area (TPSA) is 84.3 Å². The van der Waals surface area contributed by atoms with Crippen LogP contribution in [0.3, 0.4) is 0 Å². The fraction of sp³-hybridized carbons (Fsp3) is 0.500. The van der Waals surface area contributed by atoms with Gasteiger partial charge in [-0.15, -0.1) is 0 Å². The first-order valence-corrected chi connectivity index (χ1v) is 8.12. The summed E-state index contributed by atoms with van der Waals surface area (Å²) in [6.45, 7) is 4.98. The van der Waals surface area contributed by atoms with Crippen LogP contribution >= 0.6 is 11.8 Å². The third-order valence-corrected chi connectivity index (χ3v) is 4.11. The van der Waals surface area contributed by atoms with Crippen LogP contribution < -0.4 is 10.6 Å². The number of carbonyl (C=O) groups excluding carboxylic acids is 1. The number of thioether (sulfide) groups is 1. The van der Waals surface area contributed by atoms with Crippen LogP contribution in [-0.2, 0) is 0 Å². The maximum Gasteiger partial charge on any atom is 0.305 e. The summed E-state index contributed by atoms with van der Waals surface area (Å²) in [6, 6.07) is 4.73. The van der Waals surface area contributed by atoms with Crippen molar-refractivity contribution >= 4 is 29.0 Å². The molecule has 116 valence electrons. The summed E-state index contributed by atoms with van der Waals surface area (Å²) in [6.07, 6.45) is 2.84. The first-order chi connectivity index (χ1) is 10.0. The van der Waals surface area contributed by atoms with E-state index in [1.165, 1.54) is 6.07 Å². The summed E-state index contributed by atoms with van der Waals surface area (Å²) >= 11 is 1.72. The van der Waals surface area contributed by atoms with Crippen molar-refractivity contribution in [3.8, 4) is 0 Å². The van der Waals surface area contributed by atoms with Crippen LogP contribution in [0.2, 0.25) is 0 Å². The van der Waals surface area contributed by atoms with E-state index in [0.29, 0.717) is 24.0 Å². The van der Waals surface area contributed by atoms with Crippen LogP contribution in [0.4, 0.5) is 11.4 Å². The smallest absolute Gasteiger partial charge is 0.305 e. The van der Waals surface area contributed by atoms with Gasteiger partial charge in [0.05, 0.1) is 4.92 Å². The monoisotopic (exact) mass is 311 g/mol. The lowest BCUT2D eigenvalue weighted by atomic mass is 10.1. The minimum absolute atomic E-state index is 0.0928. The molecule has 1 atom stereocenters. The molecule has 0 fully saturated rings. The molecule has 1 amide bonds. The van der Waals surface area contributed by atoms with Gasteiger partial charge in [0.1, 0.15) is 11.3 Å². The van der Waals surface area contributed by atoms with Gasteiger partial charge in [-0.1, -0.05) is 13.0 Å². The van der Waals surface area contributed by atoms with E-state index < -0.39 is 10.8 Å². The Morgan fingerprint density at radius 2 is 2.19 bits per heavy atom. The van der Waals surface area contributed by atoms with E-state index in [1.54, 1.807) is 23.9 Å². The predicted octanol–water partition coefficient (Wildman–Crippen LogP) is 2.90. The molecule has 0 saturated heterocycles. The maximum absolute atomic E-state index is 12.1. The van der Waals surface area contributed by atoms with E-state index in [4.69, 9.17) is 0 Å². The van der Waals surface area contributed by atoms with Crippen LogP contribution in [-0.4, -0.2) is 35.4 Å². The van der Waals surface area contributed by atoms with Gasteiger partial charge in [-0.2, -0.15) is 11.8 Å². The molecule has 1 unspecified atom stereocenters. The molecule has 0 aromatic heterocycles. The zero-order valence-electron chi connectivity index (χ0n) is 12.5. The van der Waals surface area contributed by atoms with Crippen molar-refractivity contribution in [3.63, 3.8) is 0 Å². The second-order valence-electron chi connectivity index (χ2n) is 4.58. The summed E-state index contributed by atoms with van der Waals surface area (Å²) in [5, 5.41) is 17.3. The summed E-state index contributed by atoms with van der Waals surface area (Å²) in [5.41, 5.74) is 0.289. The zero-order valence-corrected chi connectivity index (χ0v) is 13.3. The normalized spacial score (nSPS) is 11.8. The van der Waals surface area contributed by atoms with Crippen molar-refractivity contribution in [2.45, 2.75) is 25.5 Å². The summed E-state index contributed by atoms with van der Waals surface area (Å²) in [5.74, 6) is -0.408. The van der Waals surface area contributed by atoms with Crippen LogP contribution in [0.25, 0.3) is 0 Å². The van der Waals surface area contributed by atoms with Crippen LogP contribution in [0, 0.1) is 10.1 Å². The van der Waals surface area contributed by atoms with Crippen LogP contribution in [0.1, 0.15) is 30.6 Å². The third-order valence-electron chi connectivity index (χ3n) is 3.07. The molecule has 0 aliphatic heterocycles. The Kier molecular flexibility index (Phi) is 7.01. The van der Waals surface area contributed by atoms with Crippen molar-refractivity contribution in [1.29, 1.82) is 0 Å². The fourth-order valence-corrected chi connectivity index (χ4v) is 2.21. The molecule has 7 heteroatoms. The Morgan fingerprint density at radius 3 is 2.76 bits per heavy atom. The van der Waals surface area contributed by atoms with Crippen molar-refractivity contribution < 1.29 is 9.72 Å². The number of amides is 1. The number of carbonyl (C=O) groups is 1. The van der Waals surface area contributed by atoms with Gasteiger partial charge in [0.15, 0.2) is 0 Å². The van der Waals surface area contributed by atoms with E-state index >= 15 is 0 Å². The Hall–Kier alpha value is -1.76. The Morgan fingerprint density at radius 1 is 1.48 bits per heavy atom. The van der Waals surface area contributed by atoms with Crippen molar-refractivity contribution in [2.24, 2.45) is 0 Å². The van der Waals surface area contributed by atoms with E-state index in [9.17, 15) is 14.9 Å². The minimum Gasteiger partial charge on any atom is -0.380 e. The van der Waals surface area contributed by atoms with E-state index in [2.05, 4.69) is 17.6 Å². The Labute approximate surface area is 128 Å². The molecular weight excluding hydrogens is 290 g/mol. The highest BCUT2D eigenvalue weighted by atomic mass is 32.2. The van der Waals surface area contributed by atoms with Gasteiger partial charge in [-0.05, 0) is 31.7 Å². The quantitative estimate of drug-likeness (QED) is 0.569. The third kappa shape index (κ3) is 4.93. The molecule has 0 saturated carbocycles. The number of nitrogens with one attached hydrogen (secondary N) is 2. The molecule has 0 heterocycles. The highest BCUT2D eigenvalue weighted by Gasteiger charge is 2.23. The molecule has 1 aromatic carbocycles. The molecule has 0 aliphatic rings. The van der Waals surface area contributed by atoms with Crippen LogP contribution in [0.15, 0.2) is 18.2 Å². The molecule has 1 aromatic rings. The van der Waals surface area contributed by atoms with Crippen LogP contribution in [0.5, 0.6) is 0 Å². The second-order valence-corrected chi connectivity index (χ2v) is 5.86. The number of hydrogen-bond donors (Lipinski definition) is 2. The molecule has 1 rings (SSSR count). The maximum atomic E-state index is 12.1. The second kappa shape index (κ2) is 8.51. The lowest BCUT2D eigenvalue weighted by molar-refractivity contribution is -0.384. The van der Waals surface area contributed by atoms with Gasteiger partial charge >= 0.3 is 5.69 Å². The van der Waals surface area contributed by atoms with Gasteiger partial charge in [-0.3, -0.25) is 14.9 Å². The Bertz CT molecular complexity index is 508. The molecule has 2 N–H and O–H groups in total. The molecule has 0 bridgehead atoms. The predicted molar refractivity (Wildman–Crippen MR) is 87.2 cm³/mol. The SMILES string of the molecule is CCNc1cccc(C(=O)NCCC(C)SC)c1[N+](=O)[O-]. The number of para-hydroxylation sites is 1. The largest absolute Gasteiger partial charge is 0.380 e. The fourth-order valence-electron chi connectivity index (χ4n) is 1.86. The number of rotatable bonds is 8. The minimum atomic E-state index is -0.516. The van der Waals surface area contributed by atoms with Crippen molar-refractivity contribution in [1.82, 2.24) is 5.32 Å². The van der Waals surface area contributed by atoms with E-state index in [1.807, 2.05) is 13.2 Å². The van der Waals surface area contributed by atoms with Gasteiger partial charge in [0, 0.05) is 18.3 Å². The molecule has 0 radical (unpaired) electrons. The van der Waals surface area contributed by atoms with Crippen molar-refractivity contribution in [2.75, 3.05) is 24.7 Å². The Balaban J connectivity index is 2.88. The average Bonchev–Trinajstić information content (AvgIpc) is 2.46. The van der Waals surface area contributed by atoms with Gasteiger partial charge in [-0.25, -0.2) is 0 Å². The zero-order chi connectivity index (χ0) is 15.8. The van der Waals surface area contributed by atoms with Gasteiger partial charge in [0.25, 0.3) is 5.91 Å². The molecule has 0 spiro atoms. The number of nitrogens with zero attached hydrogens (tertiary/aromatic N) is 1. The van der Waals surface area contributed by atoms with Gasteiger partial charge in [0.2, 0.25) is 0 Å². The summed E-state index contributed by atoms with van der Waals surface area (Å²) in [4.78, 5) is 22.9. The molecule has 21 heavy (non-hydrogen) atoms. The molecule has 0 aliphatic carbocycles. The first-order valence-electron chi connectivity index (χ1n) is 6.83. The number of nitro groups is 1. The summed E-state index contributed by atoms with van der Waals surface area (Å²) in [7, 11) is 0. The number of hydrogen-bond acceptors (Lipinski definition) is 5. The van der Waals surface area contributed by atoms with Gasteiger partial charge < -0.3 is 10.6 Å². The van der Waals surface area contributed by atoms with Crippen molar-refractivity contribution in [3.05, 3.63) is 33.9 Å². The first kappa shape index (κ1) is 17.3. The number of nitro benzene ring substituents is 1. The lowest BCUT2D eigenvalue weighted by Crippen LogP contribution is -2.27. The molecular formula is C14H21N3O3S. The number of anilines is 1. The van der Waals surface area contributed by atoms with E-state index in [0.717, 1.165) is 6.42 Å².